The highest BCUT2D eigenvalue weighted by Crippen LogP contribution is 2.25. The second-order valence-corrected chi connectivity index (χ2v) is 2.94. The molecule has 1 aliphatic carbocycles. The van der Waals surface area contributed by atoms with Crippen LogP contribution in [0.1, 0.15) is 59.8 Å². The largest absolute Gasteiger partial charge is 0.0741 e. The lowest BCUT2D eigenvalue weighted by molar-refractivity contribution is 0.656. The van der Waals surface area contributed by atoms with Crippen molar-refractivity contribution in [1.82, 2.24) is 0 Å². The summed E-state index contributed by atoms with van der Waals surface area (Å²) < 4.78 is 0. The smallest absolute Gasteiger partial charge is 0.0318 e. The Morgan fingerprint density at radius 2 is 1.64 bits per heavy atom. The van der Waals surface area contributed by atoms with Gasteiger partial charge in [-0.3, -0.25) is 0 Å². The van der Waals surface area contributed by atoms with Crippen molar-refractivity contribution >= 4 is 0 Å². The van der Waals surface area contributed by atoms with Crippen LogP contribution in [0.3, 0.4) is 0 Å². The average Bonchev–Trinajstić information content (AvgIpc) is 2.09. The molecule has 0 aromatic carbocycles. The molecule has 1 rings (SSSR count). The Labute approximate surface area is 71.7 Å². The van der Waals surface area contributed by atoms with Crippen LogP contribution >= 0.6 is 0 Å². The van der Waals surface area contributed by atoms with Gasteiger partial charge in [-0.2, -0.15) is 0 Å². The molecular weight excluding hydrogens is 132 g/mol. The van der Waals surface area contributed by atoms with Crippen molar-refractivity contribution in [2.45, 2.75) is 59.8 Å². The van der Waals surface area contributed by atoms with E-state index >= 15 is 0 Å². The SMILES string of the molecule is CC.CCC1=C(C)CCCC1. The van der Waals surface area contributed by atoms with Crippen LogP contribution in [0.2, 0.25) is 0 Å². The quantitative estimate of drug-likeness (QED) is 0.494. The predicted molar refractivity (Wildman–Crippen MR) is 52.8 cm³/mol. The first-order valence-corrected chi connectivity index (χ1v) is 5.02. The Morgan fingerprint density at radius 1 is 1.09 bits per heavy atom. The van der Waals surface area contributed by atoms with E-state index in [1.807, 2.05) is 13.8 Å². The molecule has 0 aromatic heterocycles. The molecule has 0 unspecified atom stereocenters. The van der Waals surface area contributed by atoms with Gasteiger partial charge in [-0.25, -0.2) is 0 Å². The maximum Gasteiger partial charge on any atom is -0.0318 e. The molecular formula is C11H22. The minimum atomic E-state index is 1.28. The summed E-state index contributed by atoms with van der Waals surface area (Å²) in [5, 5.41) is 0. The molecule has 0 N–H and O–H groups in total. The van der Waals surface area contributed by atoms with Gasteiger partial charge in [0.1, 0.15) is 0 Å². The maximum atomic E-state index is 2.29. The van der Waals surface area contributed by atoms with E-state index in [4.69, 9.17) is 0 Å². The Kier molecular flexibility index (Phi) is 6.30. The molecule has 0 aromatic rings. The normalized spacial score (nSPS) is 17.5. The van der Waals surface area contributed by atoms with Crippen molar-refractivity contribution in [3.8, 4) is 0 Å². The van der Waals surface area contributed by atoms with E-state index in [2.05, 4.69) is 13.8 Å². The third-order valence-electron chi connectivity index (χ3n) is 2.31. The number of rotatable bonds is 1. The Bertz CT molecular complexity index is 120. The fraction of sp³-hybridized carbons (Fsp3) is 0.818. The van der Waals surface area contributed by atoms with Crippen molar-refractivity contribution in [2.24, 2.45) is 0 Å². The van der Waals surface area contributed by atoms with Gasteiger partial charge in [-0.05, 0) is 39.0 Å². The Hall–Kier alpha value is -0.260. The first-order valence-electron chi connectivity index (χ1n) is 5.02. The van der Waals surface area contributed by atoms with E-state index < -0.39 is 0 Å². The highest BCUT2D eigenvalue weighted by molar-refractivity contribution is 5.13. The van der Waals surface area contributed by atoms with E-state index in [0.29, 0.717) is 0 Å². The first-order chi connectivity index (χ1) is 5.34. The summed E-state index contributed by atoms with van der Waals surface area (Å²) in [4.78, 5) is 0. The van der Waals surface area contributed by atoms with Crippen LogP contribution in [0.4, 0.5) is 0 Å². The van der Waals surface area contributed by atoms with E-state index in [1.54, 1.807) is 11.1 Å². The zero-order valence-electron chi connectivity index (χ0n) is 8.54. The van der Waals surface area contributed by atoms with Crippen molar-refractivity contribution in [3.05, 3.63) is 11.1 Å². The molecule has 0 fully saturated rings. The highest BCUT2D eigenvalue weighted by atomic mass is 14.1. The molecule has 0 spiro atoms. The summed E-state index contributed by atoms with van der Waals surface area (Å²) in [7, 11) is 0. The molecule has 0 atom stereocenters. The third-order valence-corrected chi connectivity index (χ3v) is 2.31. The molecule has 0 saturated heterocycles. The summed E-state index contributed by atoms with van der Waals surface area (Å²) in [5.74, 6) is 0. The molecule has 0 heteroatoms. The third kappa shape index (κ3) is 3.60. The first kappa shape index (κ1) is 10.7. The van der Waals surface area contributed by atoms with E-state index in [0.717, 1.165) is 0 Å². The Morgan fingerprint density at radius 3 is 2.00 bits per heavy atom. The monoisotopic (exact) mass is 154 g/mol. The van der Waals surface area contributed by atoms with Crippen molar-refractivity contribution < 1.29 is 0 Å². The fourth-order valence-electron chi connectivity index (χ4n) is 1.60. The van der Waals surface area contributed by atoms with Crippen molar-refractivity contribution in [3.63, 3.8) is 0 Å². The number of hydrogen-bond donors (Lipinski definition) is 0. The summed E-state index contributed by atoms with van der Waals surface area (Å²) >= 11 is 0. The summed E-state index contributed by atoms with van der Waals surface area (Å²) in [6.07, 6.45) is 6.88. The molecule has 0 radical (unpaired) electrons. The highest BCUT2D eigenvalue weighted by Gasteiger charge is 2.05. The zero-order chi connectivity index (χ0) is 8.69. The Balaban J connectivity index is 0.000000461. The number of hydrogen-bond acceptors (Lipinski definition) is 0. The van der Waals surface area contributed by atoms with Crippen LogP contribution in [-0.2, 0) is 0 Å². The summed E-state index contributed by atoms with van der Waals surface area (Å²) in [5.41, 5.74) is 3.39. The molecule has 0 bridgehead atoms. The maximum absolute atomic E-state index is 2.29. The van der Waals surface area contributed by atoms with Gasteiger partial charge in [-0.15, -0.1) is 0 Å². The van der Waals surface area contributed by atoms with Crippen LogP contribution in [0.25, 0.3) is 0 Å². The lowest BCUT2D eigenvalue weighted by Gasteiger charge is -2.15. The van der Waals surface area contributed by atoms with Crippen molar-refractivity contribution in [1.29, 1.82) is 0 Å². The van der Waals surface area contributed by atoms with Gasteiger partial charge in [-0.1, -0.05) is 31.9 Å². The second-order valence-electron chi connectivity index (χ2n) is 2.94. The standard InChI is InChI=1S/C9H16.C2H6/c1-3-9-7-5-4-6-8(9)2;1-2/h3-7H2,1-2H3;1-2H3. The van der Waals surface area contributed by atoms with Gasteiger partial charge in [0.15, 0.2) is 0 Å². The minimum Gasteiger partial charge on any atom is -0.0741 e. The van der Waals surface area contributed by atoms with Gasteiger partial charge in [0.2, 0.25) is 0 Å². The van der Waals surface area contributed by atoms with E-state index in [9.17, 15) is 0 Å². The summed E-state index contributed by atoms with van der Waals surface area (Å²) in [6, 6.07) is 0. The minimum absolute atomic E-state index is 1.28. The molecule has 11 heavy (non-hydrogen) atoms. The van der Waals surface area contributed by atoms with E-state index in [-0.39, 0.29) is 0 Å². The summed E-state index contributed by atoms with van der Waals surface area (Å²) in [6.45, 7) is 8.56. The van der Waals surface area contributed by atoms with Crippen LogP contribution < -0.4 is 0 Å². The average molecular weight is 154 g/mol. The van der Waals surface area contributed by atoms with Gasteiger partial charge in [0, 0.05) is 0 Å². The van der Waals surface area contributed by atoms with Gasteiger partial charge < -0.3 is 0 Å². The van der Waals surface area contributed by atoms with Crippen LogP contribution in [0.5, 0.6) is 0 Å². The molecule has 0 nitrogen and oxygen atoms in total. The molecule has 66 valence electrons. The van der Waals surface area contributed by atoms with Crippen molar-refractivity contribution in [2.75, 3.05) is 0 Å². The van der Waals surface area contributed by atoms with Crippen LogP contribution in [-0.4, -0.2) is 0 Å². The van der Waals surface area contributed by atoms with Crippen LogP contribution in [0.15, 0.2) is 11.1 Å². The lowest BCUT2D eigenvalue weighted by Crippen LogP contribution is -1.95. The van der Waals surface area contributed by atoms with Gasteiger partial charge in [0.25, 0.3) is 0 Å². The predicted octanol–water partition coefficient (Wildman–Crippen LogP) is 4.31. The van der Waals surface area contributed by atoms with Crippen LogP contribution in [0, 0.1) is 0 Å². The molecule has 0 heterocycles. The van der Waals surface area contributed by atoms with E-state index in [1.165, 1.54) is 32.1 Å². The fourth-order valence-corrected chi connectivity index (χ4v) is 1.60. The zero-order valence-corrected chi connectivity index (χ0v) is 8.54. The molecule has 0 saturated carbocycles. The molecule has 0 amide bonds. The van der Waals surface area contributed by atoms with Gasteiger partial charge >= 0.3 is 0 Å². The number of allylic oxidation sites excluding steroid dienone is 2. The second kappa shape index (κ2) is 6.45. The van der Waals surface area contributed by atoms with Gasteiger partial charge in [0.05, 0.1) is 0 Å². The lowest BCUT2D eigenvalue weighted by atomic mass is 9.91. The molecule has 0 aliphatic heterocycles. The molecule has 1 aliphatic rings. The topological polar surface area (TPSA) is 0 Å².